The molecule has 0 aromatic heterocycles. The van der Waals surface area contributed by atoms with Crippen LogP contribution in [-0.4, -0.2) is 53.8 Å². The number of hydrogen-bond acceptors (Lipinski definition) is 5. The number of carboxylic acid groups (broad SMARTS) is 1. The lowest BCUT2D eigenvalue weighted by molar-refractivity contribution is -0.159. The highest BCUT2D eigenvalue weighted by atomic mass is 19.4. The normalized spacial score (nSPS) is 25.6. The molecule has 2 aliphatic heterocycles. The third-order valence-electron chi connectivity index (χ3n) is 7.91. The number of carboxylic acids is 1. The summed E-state index contributed by atoms with van der Waals surface area (Å²) in [7, 11) is 1.31. The summed E-state index contributed by atoms with van der Waals surface area (Å²) in [5.41, 5.74) is -0.122. The molecule has 2 fully saturated rings. The number of amides is 1. The second-order valence-electron chi connectivity index (χ2n) is 11.6. The van der Waals surface area contributed by atoms with Gasteiger partial charge in [-0.1, -0.05) is 57.2 Å². The van der Waals surface area contributed by atoms with Crippen molar-refractivity contribution in [2.45, 2.75) is 77.0 Å². The van der Waals surface area contributed by atoms with Crippen LogP contribution in [0.25, 0.3) is 0 Å². The van der Waals surface area contributed by atoms with Gasteiger partial charge < -0.3 is 24.8 Å². The monoisotopic (exact) mass is 562 g/mol. The number of alkyl halides is 3. The number of carbonyl (C=O) groups excluding carboxylic acids is 1. The van der Waals surface area contributed by atoms with E-state index in [0.717, 1.165) is 30.5 Å². The Hall–Kier alpha value is -3.11. The van der Waals surface area contributed by atoms with Gasteiger partial charge in [0, 0.05) is 30.7 Å². The number of rotatable bonds is 7. The second kappa shape index (κ2) is 11.8. The molecule has 0 radical (unpaired) electrons. The van der Waals surface area contributed by atoms with Crippen LogP contribution in [0, 0.1) is 11.3 Å². The van der Waals surface area contributed by atoms with Gasteiger partial charge in [-0.15, -0.1) is 0 Å². The van der Waals surface area contributed by atoms with Crippen LogP contribution < -0.4 is 10.1 Å². The third kappa shape index (κ3) is 6.12. The number of carbonyl (C=O) groups is 2. The summed E-state index contributed by atoms with van der Waals surface area (Å²) in [5.74, 6) is -1.93. The fourth-order valence-electron chi connectivity index (χ4n) is 6.12. The fraction of sp³-hybridized carbons (Fsp3) is 0.533. The first-order chi connectivity index (χ1) is 18.8. The smallest absolute Gasteiger partial charge is 0.416 e. The number of nitrogens with zero attached hydrogens (tertiary/aromatic N) is 1. The molecule has 0 bridgehead atoms. The van der Waals surface area contributed by atoms with E-state index in [-0.39, 0.29) is 18.2 Å². The van der Waals surface area contributed by atoms with E-state index in [9.17, 15) is 27.9 Å². The number of likely N-dealkylation sites (tertiary alicyclic amines) is 1. The molecule has 2 heterocycles. The molecule has 10 heteroatoms. The minimum Gasteiger partial charge on any atom is -0.496 e. The zero-order valence-electron chi connectivity index (χ0n) is 23.2. The second-order valence-corrected chi connectivity index (χ2v) is 11.6. The first-order valence-electron chi connectivity index (χ1n) is 13.5. The molecule has 4 rings (SSSR count). The first kappa shape index (κ1) is 29.9. The van der Waals surface area contributed by atoms with Gasteiger partial charge in [0.25, 0.3) is 5.91 Å². The Labute approximate surface area is 232 Å². The maximum absolute atomic E-state index is 14.0. The molecule has 218 valence electrons. The topological polar surface area (TPSA) is 88.1 Å². The van der Waals surface area contributed by atoms with Crippen LogP contribution in [0.1, 0.15) is 62.8 Å². The molecule has 5 atom stereocenters. The molecule has 0 aliphatic carbocycles. The van der Waals surface area contributed by atoms with Crippen LogP contribution >= 0.6 is 0 Å². The maximum atomic E-state index is 14.0. The van der Waals surface area contributed by atoms with Gasteiger partial charge in [0.2, 0.25) is 0 Å². The average Bonchev–Trinajstić information content (AvgIpc) is 3.28. The first-order valence-corrected chi connectivity index (χ1v) is 13.5. The van der Waals surface area contributed by atoms with E-state index >= 15 is 0 Å². The van der Waals surface area contributed by atoms with Crippen molar-refractivity contribution in [3.63, 3.8) is 0 Å². The van der Waals surface area contributed by atoms with Gasteiger partial charge in [0.15, 0.2) is 0 Å². The minimum absolute atomic E-state index is 0.0715. The van der Waals surface area contributed by atoms with Crippen molar-refractivity contribution in [2.75, 3.05) is 13.7 Å². The predicted octanol–water partition coefficient (Wildman–Crippen LogP) is 5.44. The Kier molecular flexibility index (Phi) is 8.80. The molecule has 2 aliphatic rings. The summed E-state index contributed by atoms with van der Waals surface area (Å²) in [6.07, 6.45) is -3.06. The Morgan fingerprint density at radius 3 is 2.35 bits per heavy atom. The molecule has 2 saturated heterocycles. The predicted molar refractivity (Wildman–Crippen MR) is 143 cm³/mol. The van der Waals surface area contributed by atoms with Gasteiger partial charge in [0.05, 0.1) is 18.7 Å². The Balaban J connectivity index is 1.78. The molecule has 2 aromatic rings. The van der Waals surface area contributed by atoms with Crippen molar-refractivity contribution in [2.24, 2.45) is 11.3 Å². The van der Waals surface area contributed by atoms with Crippen LogP contribution in [-0.2, 0) is 27.0 Å². The highest BCUT2D eigenvalue weighted by Gasteiger charge is 2.58. The molecular weight excluding hydrogens is 525 g/mol. The van der Waals surface area contributed by atoms with Gasteiger partial charge in [-0.2, -0.15) is 13.2 Å². The van der Waals surface area contributed by atoms with E-state index < -0.39 is 53.3 Å². The molecule has 7 nitrogen and oxygen atoms in total. The molecule has 0 saturated carbocycles. The van der Waals surface area contributed by atoms with Crippen molar-refractivity contribution in [1.29, 1.82) is 0 Å². The van der Waals surface area contributed by atoms with Crippen molar-refractivity contribution >= 4 is 11.9 Å². The van der Waals surface area contributed by atoms with Crippen molar-refractivity contribution in [3.8, 4) is 5.75 Å². The summed E-state index contributed by atoms with van der Waals surface area (Å²) in [4.78, 5) is 28.4. The van der Waals surface area contributed by atoms with E-state index in [4.69, 9.17) is 9.47 Å². The number of hydrogen-bond donors (Lipinski definition) is 2. The number of halogens is 3. The zero-order chi connectivity index (χ0) is 29.2. The lowest BCUT2D eigenvalue weighted by Crippen LogP contribution is -2.51. The summed E-state index contributed by atoms with van der Waals surface area (Å²) in [6.45, 7) is 6.36. The molecule has 0 unspecified atom stereocenters. The maximum Gasteiger partial charge on any atom is 0.416 e. The lowest BCUT2D eigenvalue weighted by Gasteiger charge is -2.36. The molecule has 1 amide bonds. The van der Waals surface area contributed by atoms with E-state index in [0.29, 0.717) is 18.6 Å². The van der Waals surface area contributed by atoms with Crippen LogP contribution in [0.3, 0.4) is 0 Å². The number of aliphatic carboxylic acids is 1. The SMILES string of the molecule is COc1cc(C(F)(F)F)ccc1CN[C@@H]1[C@@H](C(C)(C)C)[C@H](C(=O)O)N(C(=O)[C@H]2CCCCO2)[C@@H]1c1ccccc1. The number of benzene rings is 2. The highest BCUT2D eigenvalue weighted by Crippen LogP contribution is 2.49. The molecule has 0 spiro atoms. The summed E-state index contributed by atoms with van der Waals surface area (Å²) < 4.78 is 51.0. The quantitative estimate of drug-likeness (QED) is 0.467. The number of methoxy groups -OCH3 is 1. The van der Waals surface area contributed by atoms with E-state index in [1.54, 1.807) is 0 Å². The van der Waals surface area contributed by atoms with Crippen LogP contribution in [0.4, 0.5) is 13.2 Å². The number of nitrogens with one attached hydrogen (secondary N) is 1. The minimum atomic E-state index is -4.52. The zero-order valence-corrected chi connectivity index (χ0v) is 23.2. The van der Waals surface area contributed by atoms with E-state index in [2.05, 4.69) is 5.32 Å². The third-order valence-corrected chi connectivity index (χ3v) is 7.91. The van der Waals surface area contributed by atoms with Crippen LogP contribution in [0.5, 0.6) is 5.75 Å². The highest BCUT2D eigenvalue weighted by molar-refractivity contribution is 5.88. The van der Waals surface area contributed by atoms with Gasteiger partial charge in [-0.05, 0) is 42.4 Å². The van der Waals surface area contributed by atoms with Gasteiger partial charge in [-0.25, -0.2) is 4.79 Å². The summed E-state index contributed by atoms with van der Waals surface area (Å²) in [5, 5.41) is 14.0. The fourth-order valence-corrected chi connectivity index (χ4v) is 6.12. The Morgan fingerprint density at radius 2 is 1.80 bits per heavy atom. The molecular formula is C30H37F3N2O5. The lowest BCUT2D eigenvalue weighted by atomic mass is 9.72. The summed E-state index contributed by atoms with van der Waals surface area (Å²) in [6, 6.07) is 10.2. The van der Waals surface area contributed by atoms with E-state index in [1.807, 2.05) is 51.1 Å². The largest absolute Gasteiger partial charge is 0.496 e. The van der Waals surface area contributed by atoms with Crippen molar-refractivity contribution in [1.82, 2.24) is 10.2 Å². The van der Waals surface area contributed by atoms with Crippen LogP contribution in [0.15, 0.2) is 48.5 Å². The molecule has 40 heavy (non-hydrogen) atoms. The average molecular weight is 563 g/mol. The van der Waals surface area contributed by atoms with Crippen molar-refractivity contribution < 1.29 is 37.3 Å². The number of ether oxygens (including phenoxy) is 2. The molecule has 2 N–H and O–H groups in total. The van der Waals surface area contributed by atoms with Gasteiger partial charge in [-0.3, -0.25) is 4.79 Å². The van der Waals surface area contributed by atoms with Gasteiger partial charge >= 0.3 is 12.1 Å². The Morgan fingerprint density at radius 1 is 1.10 bits per heavy atom. The summed E-state index contributed by atoms with van der Waals surface area (Å²) >= 11 is 0. The van der Waals surface area contributed by atoms with Crippen LogP contribution in [0.2, 0.25) is 0 Å². The standard InChI is InChI=1S/C30H37F3N2O5/c1-29(2,3)23-24(34-17-19-13-14-20(30(31,32)33)16-22(19)39-4)25(18-10-6-5-7-11-18)35(26(23)28(37)38)27(36)21-12-8-9-15-40-21/h5-7,10-11,13-14,16,21,23-26,34H,8-9,12,15,17H2,1-4H3,(H,37,38)/t21-,23-,24-,25-,26-/m1/s1. The Bertz CT molecular complexity index is 1190. The molecule has 2 aromatic carbocycles. The van der Waals surface area contributed by atoms with Crippen molar-refractivity contribution in [3.05, 3.63) is 65.2 Å². The van der Waals surface area contributed by atoms with Gasteiger partial charge in [0.1, 0.15) is 17.9 Å². The van der Waals surface area contributed by atoms with E-state index in [1.165, 1.54) is 18.1 Å².